The van der Waals surface area contributed by atoms with Gasteiger partial charge in [-0.05, 0) is 18.6 Å². The smallest absolute Gasteiger partial charge is 0.257 e. The van der Waals surface area contributed by atoms with Crippen LogP contribution in [0.5, 0.6) is 0 Å². The van der Waals surface area contributed by atoms with Crippen LogP contribution < -0.4 is 5.32 Å². The van der Waals surface area contributed by atoms with Crippen LogP contribution in [0, 0.1) is 0 Å². The van der Waals surface area contributed by atoms with Crippen LogP contribution in [0.4, 0.5) is 5.95 Å². The molecule has 0 radical (unpaired) electrons. The van der Waals surface area contributed by atoms with Crippen LogP contribution in [0.1, 0.15) is 13.3 Å². The van der Waals surface area contributed by atoms with E-state index in [0.29, 0.717) is 17.7 Å². The van der Waals surface area contributed by atoms with Crippen molar-refractivity contribution in [3.05, 3.63) is 31.0 Å². The Kier molecular flexibility index (Phi) is 3.36. The van der Waals surface area contributed by atoms with Gasteiger partial charge in [0, 0.05) is 12.7 Å². The zero-order valence-electron chi connectivity index (χ0n) is 11.0. The maximum atomic E-state index is 4.40. The van der Waals surface area contributed by atoms with Gasteiger partial charge in [0.2, 0.25) is 5.95 Å². The van der Waals surface area contributed by atoms with Gasteiger partial charge in [0.05, 0.1) is 5.69 Å². The molecule has 0 spiro atoms. The van der Waals surface area contributed by atoms with Crippen molar-refractivity contribution in [1.82, 2.24) is 34.7 Å². The summed E-state index contributed by atoms with van der Waals surface area (Å²) in [5.74, 6) is 1.52. The van der Waals surface area contributed by atoms with Gasteiger partial charge in [0.1, 0.15) is 12.7 Å². The van der Waals surface area contributed by atoms with Gasteiger partial charge >= 0.3 is 0 Å². The van der Waals surface area contributed by atoms with E-state index in [2.05, 4.69) is 42.3 Å². The second kappa shape index (κ2) is 5.47. The average molecular weight is 270 g/mol. The monoisotopic (exact) mass is 270 g/mol. The minimum Gasteiger partial charge on any atom is -0.359 e. The lowest BCUT2D eigenvalue weighted by Gasteiger charge is -2.07. The zero-order chi connectivity index (χ0) is 13.8. The molecule has 2 N–H and O–H groups in total. The van der Waals surface area contributed by atoms with Crippen molar-refractivity contribution >= 4 is 5.95 Å². The fourth-order valence-electron chi connectivity index (χ4n) is 1.68. The first-order valence-electron chi connectivity index (χ1n) is 6.35. The highest BCUT2D eigenvalue weighted by Crippen LogP contribution is 2.15. The molecule has 0 atom stereocenters. The first-order chi connectivity index (χ1) is 9.86. The summed E-state index contributed by atoms with van der Waals surface area (Å²) in [6, 6.07) is 3.80. The van der Waals surface area contributed by atoms with Crippen LogP contribution in [0.2, 0.25) is 0 Å². The van der Waals surface area contributed by atoms with E-state index in [0.717, 1.165) is 18.7 Å². The summed E-state index contributed by atoms with van der Waals surface area (Å²) in [5, 5.41) is 7.21. The van der Waals surface area contributed by atoms with Gasteiger partial charge in [-0.3, -0.25) is 0 Å². The molecule has 3 aromatic rings. The number of hydrogen-bond donors (Lipinski definition) is 2. The molecule has 0 amide bonds. The number of aromatic amines is 1. The summed E-state index contributed by atoms with van der Waals surface area (Å²) in [4.78, 5) is 20.1. The molecule has 102 valence electrons. The van der Waals surface area contributed by atoms with Gasteiger partial charge in [-0.25, -0.2) is 4.98 Å². The quantitative estimate of drug-likeness (QED) is 0.724. The van der Waals surface area contributed by atoms with E-state index in [9.17, 15) is 0 Å². The molecule has 0 aromatic carbocycles. The number of nitrogens with one attached hydrogen (secondary N) is 2. The standard InChI is InChI=1S/C12H14N8/c1-2-5-15-11-17-10(9-4-3-6-14-9)18-12(19-11)20-8-13-7-16-20/h3-4,6-8,14H,2,5H2,1H3,(H,15,17,18,19). The molecule has 0 aliphatic heterocycles. The van der Waals surface area contributed by atoms with Gasteiger partial charge in [-0.15, -0.1) is 0 Å². The Hall–Kier alpha value is -2.77. The predicted molar refractivity (Wildman–Crippen MR) is 73.3 cm³/mol. The van der Waals surface area contributed by atoms with E-state index >= 15 is 0 Å². The van der Waals surface area contributed by atoms with E-state index in [-0.39, 0.29) is 0 Å². The molecule has 3 heterocycles. The number of H-pyrrole nitrogens is 1. The second-order valence-electron chi connectivity index (χ2n) is 4.13. The molecular formula is C12H14N8. The Morgan fingerprint density at radius 3 is 2.95 bits per heavy atom. The molecule has 0 saturated carbocycles. The fraction of sp³-hybridized carbons (Fsp3) is 0.250. The lowest BCUT2D eigenvalue weighted by molar-refractivity contribution is 0.793. The zero-order valence-corrected chi connectivity index (χ0v) is 11.0. The molecule has 8 nitrogen and oxygen atoms in total. The summed E-state index contributed by atoms with van der Waals surface area (Å²) in [6.07, 6.45) is 5.81. The topological polar surface area (TPSA) is 97.2 Å². The Balaban J connectivity index is 2.03. The lowest BCUT2D eigenvalue weighted by Crippen LogP contribution is -2.11. The van der Waals surface area contributed by atoms with Crippen LogP contribution in [0.3, 0.4) is 0 Å². The van der Waals surface area contributed by atoms with E-state index in [1.807, 2.05) is 18.3 Å². The molecule has 0 saturated heterocycles. The second-order valence-corrected chi connectivity index (χ2v) is 4.13. The maximum absolute atomic E-state index is 4.40. The molecule has 20 heavy (non-hydrogen) atoms. The van der Waals surface area contributed by atoms with Gasteiger partial charge < -0.3 is 10.3 Å². The normalized spacial score (nSPS) is 10.7. The van der Waals surface area contributed by atoms with E-state index in [1.54, 1.807) is 6.33 Å². The molecule has 3 aromatic heterocycles. The molecule has 0 bridgehead atoms. The Morgan fingerprint density at radius 2 is 2.25 bits per heavy atom. The largest absolute Gasteiger partial charge is 0.359 e. The third kappa shape index (κ3) is 2.48. The summed E-state index contributed by atoms with van der Waals surface area (Å²) in [5.41, 5.74) is 0.827. The molecule has 8 heteroatoms. The van der Waals surface area contributed by atoms with Crippen LogP contribution in [-0.4, -0.2) is 41.2 Å². The van der Waals surface area contributed by atoms with Gasteiger partial charge in [-0.1, -0.05) is 6.92 Å². The first kappa shape index (κ1) is 12.3. The maximum Gasteiger partial charge on any atom is 0.257 e. The van der Waals surface area contributed by atoms with Crippen LogP contribution in [0.15, 0.2) is 31.0 Å². The van der Waals surface area contributed by atoms with Gasteiger partial charge in [0.15, 0.2) is 5.82 Å². The Bertz CT molecular complexity index is 606. The number of nitrogens with zero attached hydrogens (tertiary/aromatic N) is 6. The number of rotatable bonds is 5. The average Bonchev–Trinajstić information content (AvgIpc) is 3.17. The fourth-order valence-corrected chi connectivity index (χ4v) is 1.68. The summed E-state index contributed by atoms with van der Waals surface area (Å²) < 4.78 is 1.51. The SMILES string of the molecule is CCCNc1nc(-c2ccc[nH]2)nc(-n2cncn2)n1. The van der Waals surface area contributed by atoms with Crippen molar-refractivity contribution in [1.29, 1.82) is 0 Å². The number of hydrogen-bond acceptors (Lipinski definition) is 6. The lowest BCUT2D eigenvalue weighted by atomic mass is 10.4. The van der Waals surface area contributed by atoms with Crippen molar-refractivity contribution in [3.8, 4) is 17.5 Å². The van der Waals surface area contributed by atoms with Crippen LogP contribution in [-0.2, 0) is 0 Å². The van der Waals surface area contributed by atoms with E-state index in [1.165, 1.54) is 11.0 Å². The molecule has 0 aliphatic rings. The third-order valence-corrected chi connectivity index (χ3v) is 2.62. The minimum atomic E-state index is 0.431. The highest BCUT2D eigenvalue weighted by atomic mass is 15.4. The molecule has 3 rings (SSSR count). The number of aromatic nitrogens is 7. The summed E-state index contributed by atoms with van der Waals surface area (Å²) in [6.45, 7) is 2.88. The highest BCUT2D eigenvalue weighted by Gasteiger charge is 2.10. The van der Waals surface area contributed by atoms with Crippen molar-refractivity contribution in [2.45, 2.75) is 13.3 Å². The molecule has 0 unspecified atom stereocenters. The van der Waals surface area contributed by atoms with Crippen molar-refractivity contribution in [2.24, 2.45) is 0 Å². The Labute approximate surface area is 115 Å². The summed E-state index contributed by atoms with van der Waals surface area (Å²) >= 11 is 0. The molecule has 0 fully saturated rings. The van der Waals surface area contributed by atoms with Gasteiger partial charge in [0.25, 0.3) is 5.95 Å². The first-order valence-corrected chi connectivity index (χ1v) is 6.35. The summed E-state index contributed by atoms with van der Waals surface area (Å²) in [7, 11) is 0. The van der Waals surface area contributed by atoms with E-state index in [4.69, 9.17) is 0 Å². The van der Waals surface area contributed by atoms with Crippen molar-refractivity contribution in [2.75, 3.05) is 11.9 Å². The minimum absolute atomic E-state index is 0.431. The predicted octanol–water partition coefficient (Wildman–Crippen LogP) is 1.27. The van der Waals surface area contributed by atoms with Crippen LogP contribution >= 0.6 is 0 Å². The number of anilines is 1. The molecule has 0 aliphatic carbocycles. The third-order valence-electron chi connectivity index (χ3n) is 2.62. The highest BCUT2D eigenvalue weighted by molar-refractivity contribution is 5.52. The Morgan fingerprint density at radius 1 is 1.30 bits per heavy atom. The van der Waals surface area contributed by atoms with Crippen molar-refractivity contribution < 1.29 is 0 Å². The van der Waals surface area contributed by atoms with Gasteiger partial charge in [-0.2, -0.15) is 24.7 Å². The van der Waals surface area contributed by atoms with E-state index < -0.39 is 0 Å². The van der Waals surface area contributed by atoms with Crippen LogP contribution in [0.25, 0.3) is 17.5 Å². The van der Waals surface area contributed by atoms with Crippen molar-refractivity contribution in [3.63, 3.8) is 0 Å². The molecular weight excluding hydrogens is 256 g/mol.